The summed E-state index contributed by atoms with van der Waals surface area (Å²) in [5.74, 6) is -1.41. The maximum Gasteiger partial charge on any atom is 0.335 e. The quantitative estimate of drug-likeness (QED) is 0.928. The molecule has 0 saturated carbocycles. The molecule has 0 amide bonds. The maximum absolute atomic E-state index is 13.8. The Morgan fingerprint density at radius 3 is 2.40 bits per heavy atom. The highest BCUT2D eigenvalue weighted by atomic mass is 19.1. The van der Waals surface area contributed by atoms with Gasteiger partial charge in [0.2, 0.25) is 0 Å². The van der Waals surface area contributed by atoms with E-state index in [0.717, 1.165) is 25.2 Å². The van der Waals surface area contributed by atoms with Gasteiger partial charge in [-0.3, -0.25) is 4.90 Å². The Hall–Kier alpha value is -2.91. The van der Waals surface area contributed by atoms with Gasteiger partial charge in [0.05, 0.1) is 11.3 Å². The highest BCUT2D eigenvalue weighted by molar-refractivity contribution is 5.87. The van der Waals surface area contributed by atoms with E-state index in [1.165, 1.54) is 6.07 Å². The molecule has 1 N–H and O–H groups in total. The van der Waals surface area contributed by atoms with E-state index in [-0.39, 0.29) is 11.1 Å². The highest BCUT2D eigenvalue weighted by Crippen LogP contribution is 2.24. The number of hydrogen-bond donors (Lipinski definition) is 1. The predicted octanol–water partition coefficient (Wildman–Crippen LogP) is 2.72. The molecule has 0 atom stereocenters. The monoisotopic (exact) mass is 339 g/mol. The molecule has 2 aromatic rings. The molecular weight excluding hydrogens is 321 g/mol. The lowest BCUT2D eigenvalue weighted by molar-refractivity contribution is 0.0697. The molecule has 1 aliphatic heterocycles. The van der Waals surface area contributed by atoms with Gasteiger partial charge >= 0.3 is 5.97 Å². The van der Waals surface area contributed by atoms with Crippen molar-refractivity contribution in [3.05, 3.63) is 65.0 Å². The number of hydrogen-bond acceptors (Lipinski definition) is 4. The minimum absolute atomic E-state index is 0.0974. The summed E-state index contributed by atoms with van der Waals surface area (Å²) >= 11 is 0. The maximum atomic E-state index is 13.8. The third-order valence-electron chi connectivity index (χ3n) is 4.42. The molecule has 1 fully saturated rings. The highest BCUT2D eigenvalue weighted by Gasteiger charge is 2.20. The van der Waals surface area contributed by atoms with Crippen LogP contribution < -0.4 is 4.90 Å². The zero-order chi connectivity index (χ0) is 17.8. The summed E-state index contributed by atoms with van der Waals surface area (Å²) in [4.78, 5) is 15.2. The van der Waals surface area contributed by atoms with Gasteiger partial charge in [-0.2, -0.15) is 5.26 Å². The molecule has 1 aliphatic rings. The Bertz CT molecular complexity index is 806. The van der Waals surface area contributed by atoms with Crippen molar-refractivity contribution in [3.63, 3.8) is 0 Å². The second-order valence-corrected chi connectivity index (χ2v) is 6.01. The van der Waals surface area contributed by atoms with Gasteiger partial charge in [-0.25, -0.2) is 9.18 Å². The molecule has 0 radical (unpaired) electrons. The fraction of sp³-hybridized carbons (Fsp3) is 0.263. The summed E-state index contributed by atoms with van der Waals surface area (Å²) in [6, 6.07) is 13.5. The topological polar surface area (TPSA) is 67.6 Å². The average Bonchev–Trinajstić information content (AvgIpc) is 2.62. The first kappa shape index (κ1) is 16.9. The predicted molar refractivity (Wildman–Crippen MR) is 92.0 cm³/mol. The van der Waals surface area contributed by atoms with Gasteiger partial charge in [0, 0.05) is 32.7 Å². The minimum atomic E-state index is -0.927. The number of nitrogens with zero attached hydrogens (tertiary/aromatic N) is 3. The molecule has 25 heavy (non-hydrogen) atoms. The fourth-order valence-corrected chi connectivity index (χ4v) is 3.04. The largest absolute Gasteiger partial charge is 0.478 e. The number of aromatic carboxylic acids is 1. The molecule has 0 aliphatic carbocycles. The number of rotatable bonds is 4. The van der Waals surface area contributed by atoms with Crippen LogP contribution in [-0.4, -0.2) is 42.2 Å². The molecule has 128 valence electrons. The van der Waals surface area contributed by atoms with Gasteiger partial charge in [-0.1, -0.05) is 18.2 Å². The smallest absolute Gasteiger partial charge is 0.335 e. The zero-order valence-electron chi connectivity index (χ0n) is 13.7. The molecule has 2 aromatic carbocycles. The number of halogens is 1. The van der Waals surface area contributed by atoms with Crippen LogP contribution in [0.5, 0.6) is 0 Å². The summed E-state index contributed by atoms with van der Waals surface area (Å²) < 4.78 is 13.8. The Morgan fingerprint density at radius 2 is 1.80 bits per heavy atom. The zero-order valence-corrected chi connectivity index (χ0v) is 13.7. The van der Waals surface area contributed by atoms with Crippen LogP contribution in [0.2, 0.25) is 0 Å². The van der Waals surface area contributed by atoms with E-state index in [0.29, 0.717) is 18.8 Å². The summed E-state index contributed by atoms with van der Waals surface area (Å²) in [5, 5.41) is 18.1. The molecule has 5 nitrogen and oxygen atoms in total. The van der Waals surface area contributed by atoms with Crippen molar-refractivity contribution in [2.75, 3.05) is 31.1 Å². The van der Waals surface area contributed by atoms with Crippen molar-refractivity contribution >= 4 is 11.7 Å². The van der Waals surface area contributed by atoms with E-state index in [4.69, 9.17) is 10.4 Å². The molecule has 0 bridgehead atoms. The van der Waals surface area contributed by atoms with Gasteiger partial charge in [-0.15, -0.1) is 0 Å². The van der Waals surface area contributed by atoms with E-state index >= 15 is 0 Å². The van der Waals surface area contributed by atoms with E-state index in [2.05, 4.69) is 4.90 Å². The van der Waals surface area contributed by atoms with Crippen LogP contribution in [0, 0.1) is 17.1 Å². The summed E-state index contributed by atoms with van der Waals surface area (Å²) in [6.07, 6.45) is 0. The third-order valence-corrected chi connectivity index (χ3v) is 4.42. The molecule has 1 heterocycles. The number of benzene rings is 2. The van der Waals surface area contributed by atoms with E-state index in [1.807, 2.05) is 23.1 Å². The number of piperazine rings is 1. The van der Waals surface area contributed by atoms with Crippen LogP contribution in [0.15, 0.2) is 42.5 Å². The lowest BCUT2D eigenvalue weighted by Gasteiger charge is -2.36. The van der Waals surface area contributed by atoms with Crippen LogP contribution in [0.1, 0.15) is 21.5 Å². The fourth-order valence-electron chi connectivity index (χ4n) is 3.04. The van der Waals surface area contributed by atoms with E-state index in [1.54, 1.807) is 24.3 Å². The molecule has 6 heteroatoms. The standard InChI is InChI=1S/C19H18FN3O2/c20-17-2-1-3-18(16(17)12-21)23-10-8-22(9-11-23)13-14-4-6-15(7-5-14)19(24)25/h1-7H,8-11,13H2,(H,24,25). The number of anilines is 1. The number of nitriles is 1. The molecule has 0 spiro atoms. The summed E-state index contributed by atoms with van der Waals surface area (Å²) in [7, 11) is 0. The number of carbonyl (C=O) groups is 1. The molecule has 0 aromatic heterocycles. The van der Waals surface area contributed by atoms with Gasteiger partial charge < -0.3 is 10.0 Å². The van der Waals surface area contributed by atoms with Crippen LogP contribution in [0.3, 0.4) is 0 Å². The van der Waals surface area contributed by atoms with Crippen molar-refractivity contribution in [3.8, 4) is 6.07 Å². The Kier molecular flexibility index (Phi) is 4.96. The SMILES string of the molecule is N#Cc1c(F)cccc1N1CCN(Cc2ccc(C(=O)O)cc2)CC1. The van der Waals surface area contributed by atoms with Crippen LogP contribution in [0.4, 0.5) is 10.1 Å². The normalized spacial score (nSPS) is 15.0. The molecular formula is C19H18FN3O2. The minimum Gasteiger partial charge on any atom is -0.478 e. The Labute approximate surface area is 145 Å². The Balaban J connectivity index is 1.62. The molecule has 3 rings (SSSR count). The van der Waals surface area contributed by atoms with Crippen LogP contribution >= 0.6 is 0 Å². The number of carboxylic acid groups (broad SMARTS) is 1. The van der Waals surface area contributed by atoms with Crippen molar-refractivity contribution in [1.29, 1.82) is 5.26 Å². The average molecular weight is 339 g/mol. The summed E-state index contributed by atoms with van der Waals surface area (Å²) in [5.41, 5.74) is 2.08. The van der Waals surface area contributed by atoms with Crippen molar-refractivity contribution < 1.29 is 14.3 Å². The Morgan fingerprint density at radius 1 is 1.12 bits per heavy atom. The van der Waals surface area contributed by atoms with Gasteiger partial charge in [0.15, 0.2) is 0 Å². The second kappa shape index (κ2) is 7.32. The van der Waals surface area contributed by atoms with Crippen molar-refractivity contribution in [2.24, 2.45) is 0 Å². The lowest BCUT2D eigenvalue weighted by atomic mass is 10.1. The molecule has 0 unspecified atom stereocenters. The van der Waals surface area contributed by atoms with Gasteiger partial charge in [0.25, 0.3) is 0 Å². The molecule has 1 saturated heterocycles. The first-order valence-electron chi connectivity index (χ1n) is 8.06. The van der Waals surface area contributed by atoms with E-state index in [9.17, 15) is 9.18 Å². The third kappa shape index (κ3) is 3.78. The first-order valence-corrected chi connectivity index (χ1v) is 8.06. The van der Waals surface area contributed by atoms with Crippen molar-refractivity contribution in [2.45, 2.75) is 6.54 Å². The number of carboxylic acids is 1. The lowest BCUT2D eigenvalue weighted by Crippen LogP contribution is -2.46. The van der Waals surface area contributed by atoms with Crippen molar-refractivity contribution in [1.82, 2.24) is 4.90 Å². The van der Waals surface area contributed by atoms with E-state index < -0.39 is 11.8 Å². The summed E-state index contributed by atoms with van der Waals surface area (Å²) in [6.45, 7) is 3.75. The first-order chi connectivity index (χ1) is 12.1. The second-order valence-electron chi connectivity index (χ2n) is 6.01. The van der Waals surface area contributed by atoms with Crippen LogP contribution in [-0.2, 0) is 6.54 Å². The van der Waals surface area contributed by atoms with Crippen LogP contribution in [0.25, 0.3) is 0 Å². The van der Waals surface area contributed by atoms with Gasteiger partial charge in [0.1, 0.15) is 17.4 Å². The van der Waals surface area contributed by atoms with Gasteiger partial charge in [-0.05, 0) is 29.8 Å².